The summed E-state index contributed by atoms with van der Waals surface area (Å²) in [5, 5.41) is 8.82. The fourth-order valence-corrected chi connectivity index (χ4v) is 2.49. The minimum absolute atomic E-state index is 0.00382. The van der Waals surface area contributed by atoms with E-state index in [1.54, 1.807) is 6.07 Å². The van der Waals surface area contributed by atoms with Crippen molar-refractivity contribution in [3.05, 3.63) is 35.1 Å². The fourth-order valence-electron chi connectivity index (χ4n) is 2.49. The molecule has 4 nitrogen and oxygen atoms in total. The van der Waals surface area contributed by atoms with Crippen LogP contribution in [0.1, 0.15) is 29.8 Å². The van der Waals surface area contributed by atoms with Crippen molar-refractivity contribution in [3.63, 3.8) is 0 Å². The van der Waals surface area contributed by atoms with Crippen LogP contribution in [-0.4, -0.2) is 53.1 Å². The molecule has 1 aliphatic heterocycles. The van der Waals surface area contributed by atoms with Crippen molar-refractivity contribution in [3.8, 4) is 0 Å². The molecule has 0 spiro atoms. The highest BCUT2D eigenvalue weighted by Crippen LogP contribution is 2.15. The smallest absolute Gasteiger partial charge is 0.335 e. The number of aromatic carboxylic acids is 1. The average molecular weight is 280 g/mol. The number of carboxylic acid groups (broad SMARTS) is 1. The van der Waals surface area contributed by atoms with Gasteiger partial charge in [-0.2, -0.15) is 0 Å². The molecule has 0 amide bonds. The molecule has 1 N–H and O–H groups in total. The maximum atomic E-state index is 13.9. The molecular formula is C15H21FN2O2. The molecule has 20 heavy (non-hydrogen) atoms. The Balaban J connectivity index is 1.96. The third kappa shape index (κ3) is 3.55. The second-order valence-electron chi connectivity index (χ2n) is 5.52. The monoisotopic (exact) mass is 280 g/mol. The van der Waals surface area contributed by atoms with Gasteiger partial charge in [-0.15, -0.1) is 0 Å². The van der Waals surface area contributed by atoms with Gasteiger partial charge in [0.05, 0.1) is 5.56 Å². The third-order valence-corrected chi connectivity index (χ3v) is 3.83. The van der Waals surface area contributed by atoms with Crippen molar-refractivity contribution in [2.24, 2.45) is 0 Å². The molecule has 110 valence electrons. The first-order chi connectivity index (χ1) is 9.47. The van der Waals surface area contributed by atoms with Gasteiger partial charge in [0.25, 0.3) is 0 Å². The molecule has 0 aromatic heterocycles. The first-order valence-corrected chi connectivity index (χ1v) is 6.95. The van der Waals surface area contributed by atoms with Crippen LogP contribution in [0.5, 0.6) is 0 Å². The second-order valence-corrected chi connectivity index (χ2v) is 5.52. The lowest BCUT2D eigenvalue weighted by Gasteiger charge is -2.37. The minimum Gasteiger partial charge on any atom is -0.478 e. The average Bonchev–Trinajstić information content (AvgIpc) is 2.41. The van der Waals surface area contributed by atoms with E-state index in [0.717, 1.165) is 32.2 Å². The van der Waals surface area contributed by atoms with Crippen LogP contribution in [0, 0.1) is 5.82 Å². The highest BCUT2D eigenvalue weighted by atomic mass is 19.1. The summed E-state index contributed by atoms with van der Waals surface area (Å²) in [6.45, 7) is 8.72. The number of halogens is 1. The third-order valence-electron chi connectivity index (χ3n) is 3.83. The van der Waals surface area contributed by atoms with Gasteiger partial charge in [-0.05, 0) is 26.0 Å². The standard InChI is InChI=1S/C15H21FN2O2/c1-11(2)18-7-5-17(6-8-18)10-13-4-3-12(15(19)20)9-14(13)16/h3-4,9,11H,5-8,10H2,1-2H3,(H,19,20). The van der Waals surface area contributed by atoms with Crippen molar-refractivity contribution < 1.29 is 14.3 Å². The van der Waals surface area contributed by atoms with E-state index in [4.69, 9.17) is 5.11 Å². The first kappa shape index (κ1) is 14.9. The van der Waals surface area contributed by atoms with Crippen molar-refractivity contribution >= 4 is 5.97 Å². The lowest BCUT2D eigenvalue weighted by atomic mass is 10.1. The second kappa shape index (κ2) is 6.33. The van der Waals surface area contributed by atoms with Crippen LogP contribution in [-0.2, 0) is 6.54 Å². The van der Waals surface area contributed by atoms with Gasteiger partial charge >= 0.3 is 5.97 Å². The Kier molecular flexibility index (Phi) is 4.73. The maximum absolute atomic E-state index is 13.9. The maximum Gasteiger partial charge on any atom is 0.335 e. The molecule has 0 atom stereocenters. The number of benzene rings is 1. The molecule has 2 rings (SSSR count). The fraction of sp³-hybridized carbons (Fsp3) is 0.533. The van der Waals surface area contributed by atoms with E-state index in [1.807, 2.05) is 0 Å². The number of piperazine rings is 1. The van der Waals surface area contributed by atoms with E-state index in [-0.39, 0.29) is 5.56 Å². The topological polar surface area (TPSA) is 43.8 Å². The number of hydrogen-bond acceptors (Lipinski definition) is 3. The number of hydrogen-bond donors (Lipinski definition) is 1. The van der Waals surface area contributed by atoms with Crippen molar-refractivity contribution in [1.29, 1.82) is 0 Å². The van der Waals surface area contributed by atoms with Crippen LogP contribution in [0.25, 0.3) is 0 Å². The van der Waals surface area contributed by atoms with E-state index in [0.29, 0.717) is 18.2 Å². The SMILES string of the molecule is CC(C)N1CCN(Cc2ccc(C(=O)O)cc2F)CC1. The van der Waals surface area contributed by atoms with Gasteiger partial charge in [0.1, 0.15) is 5.82 Å². The van der Waals surface area contributed by atoms with Crippen molar-refractivity contribution in [2.75, 3.05) is 26.2 Å². The molecule has 0 unspecified atom stereocenters. The Morgan fingerprint density at radius 3 is 2.45 bits per heavy atom. The molecule has 1 heterocycles. The van der Waals surface area contributed by atoms with Crippen LogP contribution < -0.4 is 0 Å². The van der Waals surface area contributed by atoms with Gasteiger partial charge < -0.3 is 5.11 Å². The quantitative estimate of drug-likeness (QED) is 0.916. The van der Waals surface area contributed by atoms with Gasteiger partial charge in [-0.3, -0.25) is 9.80 Å². The van der Waals surface area contributed by atoms with Crippen LogP contribution in [0.3, 0.4) is 0 Å². The van der Waals surface area contributed by atoms with Crippen LogP contribution in [0.15, 0.2) is 18.2 Å². The number of rotatable bonds is 4. The molecule has 1 fully saturated rings. The molecule has 1 aromatic carbocycles. The molecule has 0 radical (unpaired) electrons. The summed E-state index contributed by atoms with van der Waals surface area (Å²) in [5.41, 5.74) is 0.559. The van der Waals surface area contributed by atoms with E-state index < -0.39 is 11.8 Å². The highest BCUT2D eigenvalue weighted by molar-refractivity contribution is 5.87. The van der Waals surface area contributed by atoms with Gasteiger partial charge in [-0.25, -0.2) is 9.18 Å². The van der Waals surface area contributed by atoms with Gasteiger partial charge in [0, 0.05) is 44.3 Å². The van der Waals surface area contributed by atoms with Crippen molar-refractivity contribution in [2.45, 2.75) is 26.4 Å². The predicted molar refractivity (Wildman–Crippen MR) is 75.3 cm³/mol. The van der Waals surface area contributed by atoms with E-state index in [2.05, 4.69) is 23.6 Å². The summed E-state index contributed by atoms with van der Waals surface area (Å²) in [6.07, 6.45) is 0. The highest BCUT2D eigenvalue weighted by Gasteiger charge is 2.19. The Bertz CT molecular complexity index is 483. The lowest BCUT2D eigenvalue weighted by Crippen LogP contribution is -2.48. The van der Waals surface area contributed by atoms with Crippen LogP contribution in [0.2, 0.25) is 0 Å². The zero-order chi connectivity index (χ0) is 14.7. The predicted octanol–water partition coefficient (Wildman–Crippen LogP) is 2.05. The summed E-state index contributed by atoms with van der Waals surface area (Å²) in [6, 6.07) is 4.68. The molecule has 0 bridgehead atoms. The number of carboxylic acids is 1. The largest absolute Gasteiger partial charge is 0.478 e. The zero-order valence-electron chi connectivity index (χ0n) is 12.0. The van der Waals surface area contributed by atoms with Crippen LogP contribution >= 0.6 is 0 Å². The first-order valence-electron chi connectivity index (χ1n) is 6.95. The van der Waals surface area contributed by atoms with Gasteiger partial charge in [0.15, 0.2) is 0 Å². The van der Waals surface area contributed by atoms with E-state index in [9.17, 15) is 9.18 Å². The summed E-state index contributed by atoms with van der Waals surface area (Å²) < 4.78 is 13.9. The molecule has 1 aromatic rings. The van der Waals surface area contributed by atoms with E-state index >= 15 is 0 Å². The zero-order valence-corrected chi connectivity index (χ0v) is 12.0. The van der Waals surface area contributed by atoms with Gasteiger partial charge in [-0.1, -0.05) is 6.07 Å². The molecule has 1 aliphatic rings. The summed E-state index contributed by atoms with van der Waals surface area (Å²) in [7, 11) is 0. The minimum atomic E-state index is -1.10. The molecule has 1 saturated heterocycles. The summed E-state index contributed by atoms with van der Waals surface area (Å²) in [4.78, 5) is 15.4. The van der Waals surface area contributed by atoms with E-state index in [1.165, 1.54) is 6.07 Å². The number of carbonyl (C=O) groups is 1. The number of nitrogens with zero attached hydrogens (tertiary/aromatic N) is 2. The van der Waals surface area contributed by atoms with Gasteiger partial charge in [0.2, 0.25) is 0 Å². The molecular weight excluding hydrogens is 259 g/mol. The Morgan fingerprint density at radius 2 is 1.95 bits per heavy atom. The summed E-state index contributed by atoms with van der Waals surface area (Å²) >= 11 is 0. The lowest BCUT2D eigenvalue weighted by molar-refractivity contribution is 0.0696. The Morgan fingerprint density at radius 1 is 1.30 bits per heavy atom. The Labute approximate surface area is 118 Å². The molecule has 0 aliphatic carbocycles. The van der Waals surface area contributed by atoms with Crippen LogP contribution in [0.4, 0.5) is 4.39 Å². The Hall–Kier alpha value is -1.46. The molecule has 0 saturated carbocycles. The normalized spacial score (nSPS) is 17.6. The van der Waals surface area contributed by atoms with Crippen molar-refractivity contribution in [1.82, 2.24) is 9.80 Å². The summed E-state index contributed by atoms with van der Waals surface area (Å²) in [5.74, 6) is -1.53. The molecule has 5 heteroatoms.